The smallest absolute Gasteiger partial charge is 0.420 e. The first-order valence-electron chi connectivity index (χ1n) is 9.71. The fourth-order valence-electron chi connectivity index (χ4n) is 3.27. The fourth-order valence-corrected chi connectivity index (χ4v) is 4.25. The minimum absolute atomic E-state index is 0.214. The maximum absolute atomic E-state index is 12.7. The Kier molecular flexibility index (Phi) is 5.73. The summed E-state index contributed by atoms with van der Waals surface area (Å²) in [6, 6.07) is 14.6. The number of ether oxygens (including phenoxy) is 1. The van der Waals surface area contributed by atoms with Gasteiger partial charge in [-0.2, -0.15) is 0 Å². The number of oxazole rings is 1. The SMILES string of the molecule is CCOC(=O)c1c(-c2ccc(C)cc2)csc1NC(=O)Cn1c(=O)oc2ccccc21. The number of nitrogens with zero attached hydrogens (tertiary/aromatic N) is 1. The third kappa shape index (κ3) is 4.15. The number of hydrogen-bond acceptors (Lipinski definition) is 6. The molecule has 0 aliphatic heterocycles. The number of hydrogen-bond donors (Lipinski definition) is 1. The predicted molar refractivity (Wildman–Crippen MR) is 120 cm³/mol. The Morgan fingerprint density at radius 1 is 1.13 bits per heavy atom. The summed E-state index contributed by atoms with van der Waals surface area (Å²) in [7, 11) is 0. The molecule has 0 saturated heterocycles. The fraction of sp³-hybridized carbons (Fsp3) is 0.174. The number of aryl methyl sites for hydroxylation is 1. The van der Waals surface area contributed by atoms with Crippen molar-refractivity contribution >= 4 is 39.3 Å². The maximum atomic E-state index is 12.7. The van der Waals surface area contributed by atoms with Gasteiger partial charge in [0.1, 0.15) is 17.1 Å². The summed E-state index contributed by atoms with van der Waals surface area (Å²) in [5.41, 5.74) is 3.87. The van der Waals surface area contributed by atoms with Gasteiger partial charge < -0.3 is 14.5 Å². The summed E-state index contributed by atoms with van der Waals surface area (Å²) in [5.74, 6) is -1.58. The van der Waals surface area contributed by atoms with Crippen molar-refractivity contribution in [1.82, 2.24) is 4.57 Å². The van der Waals surface area contributed by atoms with Crippen molar-refractivity contribution in [1.29, 1.82) is 0 Å². The number of rotatable bonds is 6. The molecule has 0 fully saturated rings. The molecule has 0 unspecified atom stereocenters. The Hall–Kier alpha value is -3.65. The van der Waals surface area contributed by atoms with E-state index in [4.69, 9.17) is 9.15 Å². The van der Waals surface area contributed by atoms with Gasteiger partial charge in [0.05, 0.1) is 12.1 Å². The molecule has 1 amide bonds. The Morgan fingerprint density at radius 2 is 1.87 bits per heavy atom. The molecule has 2 aromatic carbocycles. The lowest BCUT2D eigenvalue weighted by atomic mass is 10.0. The molecule has 0 bridgehead atoms. The van der Waals surface area contributed by atoms with Gasteiger partial charge in [-0.15, -0.1) is 11.3 Å². The molecule has 2 heterocycles. The van der Waals surface area contributed by atoms with Crippen LogP contribution in [0.25, 0.3) is 22.2 Å². The van der Waals surface area contributed by atoms with Gasteiger partial charge in [0.25, 0.3) is 0 Å². The summed E-state index contributed by atoms with van der Waals surface area (Å²) in [4.78, 5) is 37.6. The molecule has 4 aromatic rings. The second kappa shape index (κ2) is 8.61. The van der Waals surface area contributed by atoms with Gasteiger partial charge in [-0.05, 0) is 31.5 Å². The Morgan fingerprint density at radius 3 is 2.61 bits per heavy atom. The van der Waals surface area contributed by atoms with Gasteiger partial charge in [0.2, 0.25) is 5.91 Å². The number of thiophene rings is 1. The Balaban J connectivity index is 1.65. The summed E-state index contributed by atoms with van der Waals surface area (Å²) in [5, 5.41) is 4.95. The van der Waals surface area contributed by atoms with Gasteiger partial charge in [-0.25, -0.2) is 9.59 Å². The number of amides is 1. The number of benzene rings is 2. The number of fused-ring (bicyclic) bond motifs is 1. The summed E-state index contributed by atoms with van der Waals surface area (Å²) in [6.07, 6.45) is 0. The second-order valence-electron chi connectivity index (χ2n) is 6.91. The molecule has 158 valence electrons. The number of aromatic nitrogens is 1. The van der Waals surface area contributed by atoms with Crippen molar-refractivity contribution in [3.8, 4) is 11.1 Å². The monoisotopic (exact) mass is 436 g/mol. The molecular weight excluding hydrogens is 416 g/mol. The predicted octanol–water partition coefficient (Wildman–Crippen LogP) is 4.45. The maximum Gasteiger partial charge on any atom is 0.420 e. The molecular formula is C23H20N2O5S. The normalized spacial score (nSPS) is 10.9. The number of esters is 1. The van der Waals surface area contributed by atoms with Crippen molar-refractivity contribution in [3.05, 3.63) is 75.6 Å². The summed E-state index contributed by atoms with van der Waals surface area (Å²) < 4.78 is 11.6. The van der Waals surface area contributed by atoms with E-state index >= 15 is 0 Å². The third-order valence-electron chi connectivity index (χ3n) is 4.76. The van der Waals surface area contributed by atoms with Crippen LogP contribution >= 0.6 is 11.3 Å². The van der Waals surface area contributed by atoms with E-state index in [1.165, 1.54) is 15.9 Å². The molecule has 7 nitrogen and oxygen atoms in total. The van der Waals surface area contributed by atoms with Crippen LogP contribution in [0.5, 0.6) is 0 Å². The van der Waals surface area contributed by atoms with Gasteiger partial charge in [-0.1, -0.05) is 42.0 Å². The van der Waals surface area contributed by atoms with Gasteiger partial charge in [0.15, 0.2) is 5.58 Å². The molecule has 0 atom stereocenters. The highest BCUT2D eigenvalue weighted by Gasteiger charge is 2.23. The van der Waals surface area contributed by atoms with E-state index in [1.807, 2.05) is 36.6 Å². The Labute approximate surface area is 181 Å². The molecule has 0 radical (unpaired) electrons. The van der Waals surface area contributed by atoms with Crippen molar-refractivity contribution < 1.29 is 18.7 Å². The molecule has 1 N–H and O–H groups in total. The van der Waals surface area contributed by atoms with Crippen LogP contribution in [0, 0.1) is 6.92 Å². The molecule has 0 aliphatic rings. The topological polar surface area (TPSA) is 90.5 Å². The van der Waals surface area contributed by atoms with Crippen LogP contribution in [0.3, 0.4) is 0 Å². The van der Waals surface area contributed by atoms with Crippen LogP contribution in [0.4, 0.5) is 5.00 Å². The first-order chi connectivity index (χ1) is 15.0. The quantitative estimate of drug-likeness (QED) is 0.451. The Bertz CT molecular complexity index is 1310. The van der Waals surface area contributed by atoms with Crippen LogP contribution < -0.4 is 11.1 Å². The zero-order valence-electron chi connectivity index (χ0n) is 17.0. The molecule has 0 spiro atoms. The van der Waals surface area contributed by atoms with Crippen LogP contribution in [-0.4, -0.2) is 23.1 Å². The van der Waals surface area contributed by atoms with E-state index in [0.717, 1.165) is 11.1 Å². The molecule has 4 rings (SSSR count). The third-order valence-corrected chi connectivity index (χ3v) is 5.66. The number of anilines is 1. The first kappa shape index (κ1) is 20.6. The van der Waals surface area contributed by atoms with Crippen molar-refractivity contribution in [2.24, 2.45) is 0 Å². The first-order valence-corrected chi connectivity index (χ1v) is 10.6. The van der Waals surface area contributed by atoms with Crippen LogP contribution in [0.15, 0.2) is 63.1 Å². The van der Waals surface area contributed by atoms with E-state index in [-0.39, 0.29) is 13.2 Å². The average molecular weight is 436 g/mol. The molecule has 0 saturated carbocycles. The largest absolute Gasteiger partial charge is 0.462 e. The lowest BCUT2D eigenvalue weighted by Gasteiger charge is -2.09. The molecule has 2 aromatic heterocycles. The van der Waals surface area contributed by atoms with E-state index in [9.17, 15) is 14.4 Å². The second-order valence-corrected chi connectivity index (χ2v) is 7.79. The van der Waals surface area contributed by atoms with Crippen LogP contribution in [0.1, 0.15) is 22.8 Å². The van der Waals surface area contributed by atoms with Crippen LogP contribution in [-0.2, 0) is 16.1 Å². The van der Waals surface area contributed by atoms with Gasteiger partial charge in [0, 0.05) is 10.9 Å². The lowest BCUT2D eigenvalue weighted by Crippen LogP contribution is -2.25. The van der Waals surface area contributed by atoms with E-state index in [0.29, 0.717) is 27.2 Å². The average Bonchev–Trinajstić information content (AvgIpc) is 3.30. The highest BCUT2D eigenvalue weighted by molar-refractivity contribution is 7.15. The lowest BCUT2D eigenvalue weighted by molar-refractivity contribution is -0.116. The molecule has 31 heavy (non-hydrogen) atoms. The van der Waals surface area contributed by atoms with Gasteiger partial charge >= 0.3 is 11.7 Å². The highest BCUT2D eigenvalue weighted by Crippen LogP contribution is 2.36. The minimum Gasteiger partial charge on any atom is -0.462 e. The zero-order valence-corrected chi connectivity index (χ0v) is 17.8. The van der Waals surface area contributed by atoms with Crippen LogP contribution in [0.2, 0.25) is 0 Å². The van der Waals surface area contributed by atoms with E-state index in [1.54, 1.807) is 31.2 Å². The standard InChI is InChI=1S/C23H20N2O5S/c1-3-29-22(27)20-16(15-10-8-14(2)9-11-15)13-31-21(20)24-19(26)12-25-17-6-4-5-7-18(17)30-23(25)28/h4-11,13H,3,12H2,1-2H3,(H,24,26). The number of nitrogens with one attached hydrogen (secondary N) is 1. The number of carbonyl (C=O) groups excluding carboxylic acids is 2. The minimum atomic E-state index is -0.617. The van der Waals surface area contributed by atoms with Crippen molar-refractivity contribution in [2.45, 2.75) is 20.4 Å². The van der Waals surface area contributed by atoms with Crippen molar-refractivity contribution in [2.75, 3.05) is 11.9 Å². The highest BCUT2D eigenvalue weighted by atomic mass is 32.1. The van der Waals surface area contributed by atoms with E-state index in [2.05, 4.69) is 5.32 Å². The number of para-hydroxylation sites is 2. The zero-order chi connectivity index (χ0) is 22.0. The van der Waals surface area contributed by atoms with Gasteiger partial charge in [-0.3, -0.25) is 9.36 Å². The summed E-state index contributed by atoms with van der Waals surface area (Å²) >= 11 is 1.23. The number of carbonyl (C=O) groups is 2. The molecule has 8 heteroatoms. The summed E-state index contributed by atoms with van der Waals surface area (Å²) in [6.45, 7) is 3.68. The van der Waals surface area contributed by atoms with E-state index < -0.39 is 17.6 Å². The van der Waals surface area contributed by atoms with Crippen molar-refractivity contribution in [3.63, 3.8) is 0 Å². The molecule has 0 aliphatic carbocycles.